The second-order valence-electron chi connectivity index (χ2n) is 4.08. The fourth-order valence-corrected chi connectivity index (χ4v) is 2.08. The summed E-state index contributed by atoms with van der Waals surface area (Å²) in [5, 5.41) is 0.938. The van der Waals surface area contributed by atoms with Gasteiger partial charge in [-0.15, -0.1) is 0 Å². The predicted molar refractivity (Wildman–Crippen MR) is 83.1 cm³/mol. The monoisotopic (exact) mass is 329 g/mol. The van der Waals surface area contributed by atoms with Gasteiger partial charge >= 0.3 is 0 Å². The molecule has 2 nitrogen and oxygen atoms in total. The lowest BCUT2D eigenvalue weighted by Gasteiger charge is -2.10. The number of benzene rings is 2. The van der Waals surface area contributed by atoms with E-state index in [1.165, 1.54) is 12.1 Å². The highest BCUT2D eigenvalue weighted by molar-refractivity contribution is 7.80. The fourth-order valence-electron chi connectivity index (χ4n) is 1.62. The largest absolute Gasteiger partial charge is 0.487 e. The molecule has 0 fully saturated rings. The molecule has 6 heteroatoms. The molecule has 0 aromatic heterocycles. The third kappa shape index (κ3) is 3.82. The van der Waals surface area contributed by atoms with Crippen LogP contribution >= 0.6 is 35.4 Å². The number of ether oxygens (including phenoxy) is 1. The molecule has 0 bridgehead atoms. The smallest absolute Gasteiger partial charge is 0.139 e. The molecule has 0 heterocycles. The summed E-state index contributed by atoms with van der Waals surface area (Å²) in [7, 11) is 0. The van der Waals surface area contributed by atoms with Gasteiger partial charge in [-0.1, -0.05) is 35.4 Å². The Morgan fingerprint density at radius 1 is 1.20 bits per heavy atom. The number of rotatable bonds is 4. The minimum absolute atomic E-state index is 0.131. The summed E-state index contributed by atoms with van der Waals surface area (Å²) in [6, 6.07) is 9.18. The van der Waals surface area contributed by atoms with Gasteiger partial charge in [0.25, 0.3) is 0 Å². The first-order chi connectivity index (χ1) is 9.45. The summed E-state index contributed by atoms with van der Waals surface area (Å²) < 4.78 is 19.0. The Morgan fingerprint density at radius 2 is 1.95 bits per heavy atom. The molecule has 0 aliphatic carbocycles. The fraction of sp³-hybridized carbons (Fsp3) is 0.0714. The molecule has 0 spiro atoms. The first-order valence-corrected chi connectivity index (χ1v) is 6.79. The molecule has 0 amide bonds. The van der Waals surface area contributed by atoms with Crippen LogP contribution in [-0.2, 0) is 6.61 Å². The zero-order valence-corrected chi connectivity index (χ0v) is 12.5. The van der Waals surface area contributed by atoms with E-state index in [0.717, 1.165) is 0 Å². The average molecular weight is 330 g/mol. The summed E-state index contributed by atoms with van der Waals surface area (Å²) in [4.78, 5) is 0.131. The maximum atomic E-state index is 13.4. The molecule has 0 atom stereocenters. The van der Waals surface area contributed by atoms with Crippen molar-refractivity contribution in [2.24, 2.45) is 5.73 Å². The van der Waals surface area contributed by atoms with Crippen LogP contribution in [0.5, 0.6) is 5.75 Å². The van der Waals surface area contributed by atoms with Gasteiger partial charge in [0.15, 0.2) is 0 Å². The zero-order chi connectivity index (χ0) is 14.7. The minimum atomic E-state index is -0.425. The van der Waals surface area contributed by atoms with Crippen molar-refractivity contribution in [1.82, 2.24) is 0 Å². The lowest BCUT2D eigenvalue weighted by Crippen LogP contribution is -2.10. The maximum absolute atomic E-state index is 13.4. The molecule has 0 saturated carbocycles. The molecule has 2 aromatic rings. The Bertz CT molecular complexity index is 664. The van der Waals surface area contributed by atoms with E-state index in [2.05, 4.69) is 0 Å². The van der Waals surface area contributed by atoms with Crippen LogP contribution in [0, 0.1) is 5.82 Å². The van der Waals surface area contributed by atoms with E-state index < -0.39 is 5.82 Å². The van der Waals surface area contributed by atoms with Gasteiger partial charge in [0.05, 0.1) is 5.02 Å². The molecule has 2 aromatic carbocycles. The Balaban J connectivity index is 2.18. The number of hydrogen-bond donors (Lipinski definition) is 1. The van der Waals surface area contributed by atoms with Gasteiger partial charge in [-0.05, 0) is 35.9 Å². The van der Waals surface area contributed by atoms with Crippen LogP contribution in [0.15, 0.2) is 36.4 Å². The Kier molecular flexibility index (Phi) is 4.81. The van der Waals surface area contributed by atoms with Gasteiger partial charge in [0.1, 0.15) is 23.2 Å². The topological polar surface area (TPSA) is 35.2 Å². The van der Waals surface area contributed by atoms with Gasteiger partial charge in [-0.2, -0.15) is 0 Å². The normalized spacial score (nSPS) is 10.3. The van der Waals surface area contributed by atoms with Crippen molar-refractivity contribution in [2.75, 3.05) is 0 Å². The summed E-state index contributed by atoms with van der Waals surface area (Å²) >= 11 is 16.7. The molecule has 0 aliphatic heterocycles. The van der Waals surface area contributed by atoms with Crippen LogP contribution in [0.2, 0.25) is 10.0 Å². The number of nitrogens with two attached hydrogens (primary N) is 1. The van der Waals surface area contributed by atoms with E-state index in [1.54, 1.807) is 24.3 Å². The molecule has 104 valence electrons. The summed E-state index contributed by atoms with van der Waals surface area (Å²) in [5.41, 5.74) is 6.54. The number of thiocarbonyl (C=S) groups is 1. The Labute approximate surface area is 131 Å². The SMILES string of the molecule is NC(=S)c1cc(F)cc(COc2cc(Cl)ccc2Cl)c1. The second kappa shape index (κ2) is 6.39. The van der Waals surface area contributed by atoms with Gasteiger partial charge < -0.3 is 10.5 Å². The van der Waals surface area contributed by atoms with E-state index in [9.17, 15) is 4.39 Å². The first kappa shape index (κ1) is 15.0. The third-order valence-electron chi connectivity index (χ3n) is 2.53. The van der Waals surface area contributed by atoms with E-state index in [1.807, 2.05) is 0 Å². The highest BCUT2D eigenvalue weighted by Gasteiger charge is 2.06. The molecule has 0 unspecified atom stereocenters. The quantitative estimate of drug-likeness (QED) is 0.847. The van der Waals surface area contributed by atoms with Crippen molar-refractivity contribution in [3.05, 3.63) is 63.4 Å². The zero-order valence-electron chi connectivity index (χ0n) is 10.2. The van der Waals surface area contributed by atoms with Crippen LogP contribution < -0.4 is 10.5 Å². The number of hydrogen-bond acceptors (Lipinski definition) is 2. The second-order valence-corrected chi connectivity index (χ2v) is 5.36. The molecular weight excluding hydrogens is 320 g/mol. The van der Waals surface area contributed by atoms with E-state index in [4.69, 9.17) is 45.9 Å². The standard InChI is InChI=1S/C14H10Cl2FNOS/c15-10-1-2-12(16)13(6-10)19-7-8-3-9(14(18)20)5-11(17)4-8/h1-6H,7H2,(H2,18,20). The highest BCUT2D eigenvalue weighted by atomic mass is 35.5. The van der Waals surface area contributed by atoms with Crippen molar-refractivity contribution < 1.29 is 9.13 Å². The molecule has 20 heavy (non-hydrogen) atoms. The van der Waals surface area contributed by atoms with E-state index in [0.29, 0.717) is 26.9 Å². The van der Waals surface area contributed by atoms with Gasteiger partial charge in [-0.3, -0.25) is 0 Å². The predicted octanol–water partition coefficient (Wildman–Crippen LogP) is 4.35. The summed E-state index contributed by atoms with van der Waals surface area (Å²) in [5.74, 6) is 0.00592. The molecular formula is C14H10Cl2FNOS. The third-order valence-corrected chi connectivity index (χ3v) is 3.31. The summed E-state index contributed by atoms with van der Waals surface area (Å²) in [6.07, 6.45) is 0. The molecule has 0 aliphatic rings. The van der Waals surface area contributed by atoms with Gasteiger partial charge in [0, 0.05) is 16.7 Å². The minimum Gasteiger partial charge on any atom is -0.487 e. The van der Waals surface area contributed by atoms with Crippen molar-refractivity contribution >= 4 is 40.4 Å². The Morgan fingerprint density at radius 3 is 2.65 bits per heavy atom. The van der Waals surface area contributed by atoms with Crippen LogP contribution in [-0.4, -0.2) is 4.99 Å². The van der Waals surface area contributed by atoms with Crippen molar-refractivity contribution in [2.45, 2.75) is 6.61 Å². The van der Waals surface area contributed by atoms with Crippen molar-refractivity contribution in [3.63, 3.8) is 0 Å². The highest BCUT2D eigenvalue weighted by Crippen LogP contribution is 2.28. The lowest BCUT2D eigenvalue weighted by molar-refractivity contribution is 0.306. The van der Waals surface area contributed by atoms with Crippen molar-refractivity contribution in [3.8, 4) is 5.75 Å². The van der Waals surface area contributed by atoms with Gasteiger partial charge in [0.2, 0.25) is 0 Å². The summed E-state index contributed by atoms with van der Waals surface area (Å²) in [6.45, 7) is 0.132. The van der Waals surface area contributed by atoms with Crippen LogP contribution in [0.1, 0.15) is 11.1 Å². The molecule has 2 N–H and O–H groups in total. The van der Waals surface area contributed by atoms with Crippen molar-refractivity contribution in [1.29, 1.82) is 0 Å². The maximum Gasteiger partial charge on any atom is 0.139 e. The first-order valence-electron chi connectivity index (χ1n) is 5.63. The average Bonchev–Trinajstić information content (AvgIpc) is 2.39. The number of halogens is 3. The van der Waals surface area contributed by atoms with Crippen LogP contribution in [0.25, 0.3) is 0 Å². The lowest BCUT2D eigenvalue weighted by atomic mass is 10.1. The van der Waals surface area contributed by atoms with Crippen LogP contribution in [0.3, 0.4) is 0 Å². The van der Waals surface area contributed by atoms with E-state index in [-0.39, 0.29) is 11.6 Å². The Hall–Kier alpha value is -1.36. The van der Waals surface area contributed by atoms with Crippen LogP contribution in [0.4, 0.5) is 4.39 Å². The van der Waals surface area contributed by atoms with E-state index >= 15 is 0 Å². The van der Waals surface area contributed by atoms with Gasteiger partial charge in [-0.25, -0.2) is 4.39 Å². The molecule has 0 radical (unpaired) electrons. The molecule has 0 saturated heterocycles. The molecule has 2 rings (SSSR count).